The molecule has 2 rings (SSSR count). The number of anilines is 1. The summed E-state index contributed by atoms with van der Waals surface area (Å²) in [6.45, 7) is 19.7. The Balaban J connectivity index is -0.00000165. The Morgan fingerprint density at radius 2 is 1.51 bits per heavy atom. The van der Waals surface area contributed by atoms with Crippen molar-refractivity contribution < 1.29 is 32.6 Å². The van der Waals surface area contributed by atoms with E-state index >= 15 is 0 Å². The fourth-order valence-corrected chi connectivity index (χ4v) is 3.48. The van der Waals surface area contributed by atoms with Crippen LogP contribution < -0.4 is 4.72 Å². The lowest BCUT2D eigenvalue weighted by molar-refractivity contribution is -0.143. The van der Waals surface area contributed by atoms with E-state index in [1.165, 1.54) is 37.5 Å². The zero-order chi connectivity index (χ0) is 32.8. The van der Waals surface area contributed by atoms with E-state index in [2.05, 4.69) is 19.4 Å². The fourth-order valence-electron chi connectivity index (χ4n) is 3.05. The molecule has 0 bridgehead atoms. The van der Waals surface area contributed by atoms with Crippen molar-refractivity contribution in [3.8, 4) is 11.3 Å². The number of rotatable bonds is 10. The van der Waals surface area contributed by atoms with Crippen molar-refractivity contribution in [1.29, 1.82) is 0 Å². The molecule has 0 saturated heterocycles. The normalized spacial score (nSPS) is 11.7. The molecule has 1 aromatic heterocycles. The van der Waals surface area contributed by atoms with Gasteiger partial charge in [0, 0.05) is 17.5 Å². The average Bonchev–Trinajstić information content (AvgIpc) is 2.95. The van der Waals surface area contributed by atoms with Crippen molar-refractivity contribution in [2.45, 2.75) is 100 Å². The molecule has 0 aliphatic rings. The lowest BCUT2D eigenvalue weighted by Crippen LogP contribution is -2.20. The third-order valence-corrected chi connectivity index (χ3v) is 5.10. The highest BCUT2D eigenvalue weighted by Crippen LogP contribution is 2.31. The smallest absolute Gasteiger partial charge is 0.308 e. The molecule has 236 valence electrons. The van der Waals surface area contributed by atoms with Gasteiger partial charge in [-0.25, -0.2) is 22.8 Å². The van der Waals surface area contributed by atoms with E-state index in [-0.39, 0.29) is 24.7 Å². The minimum Gasteiger partial charge on any atom is -0.469 e. The van der Waals surface area contributed by atoms with Gasteiger partial charge in [0.15, 0.2) is 0 Å². The van der Waals surface area contributed by atoms with E-state index in [1.807, 2.05) is 69.2 Å². The first-order valence-electron chi connectivity index (χ1n) is 14.2. The second kappa shape index (κ2) is 23.8. The molecule has 41 heavy (non-hydrogen) atoms. The number of halogens is 1. The first-order valence-corrected chi connectivity index (χ1v) is 16.1. The van der Waals surface area contributed by atoms with Gasteiger partial charge in [-0.2, -0.15) is 0 Å². The lowest BCUT2D eigenvalue weighted by Gasteiger charge is -2.17. The molecule has 3 N–H and O–H groups in total. The minimum absolute atomic E-state index is 0.108. The van der Waals surface area contributed by atoms with Crippen LogP contribution in [0.25, 0.3) is 17.3 Å². The molecule has 0 aliphatic carbocycles. The van der Waals surface area contributed by atoms with Crippen molar-refractivity contribution >= 4 is 28.0 Å². The highest BCUT2D eigenvalue weighted by Gasteiger charge is 2.19. The number of aliphatic hydroxyl groups excluding tert-OH is 2. The maximum absolute atomic E-state index is 13.5. The molecule has 11 heteroatoms. The summed E-state index contributed by atoms with van der Waals surface area (Å²) >= 11 is 0. The zero-order valence-corrected chi connectivity index (χ0v) is 27.6. The number of carbonyl (C=O) groups excluding carboxylic acids is 1. The number of aliphatic hydroxyl groups is 2. The molecule has 0 aliphatic heterocycles. The Labute approximate surface area is 247 Å². The Morgan fingerprint density at radius 3 is 1.95 bits per heavy atom. The summed E-state index contributed by atoms with van der Waals surface area (Å²) in [6.07, 6.45) is 1.40. The van der Waals surface area contributed by atoms with Gasteiger partial charge in [0.05, 0.1) is 43.4 Å². The van der Waals surface area contributed by atoms with Gasteiger partial charge in [-0.15, -0.1) is 0 Å². The third-order valence-electron chi connectivity index (χ3n) is 4.54. The van der Waals surface area contributed by atoms with Gasteiger partial charge in [-0.1, -0.05) is 81.4 Å². The molecule has 0 radical (unpaired) electrons. The number of hydrogen-bond acceptors (Lipinski definition) is 8. The first kappa shape index (κ1) is 42.6. The second-order valence-corrected chi connectivity index (χ2v) is 9.58. The Hall–Kier alpha value is -2.89. The van der Waals surface area contributed by atoms with Gasteiger partial charge in [-0.05, 0) is 30.2 Å². The highest BCUT2D eigenvalue weighted by atomic mass is 32.2. The number of aromatic nitrogens is 2. The largest absolute Gasteiger partial charge is 0.469 e. The van der Waals surface area contributed by atoms with E-state index in [1.54, 1.807) is 6.08 Å². The van der Waals surface area contributed by atoms with Crippen molar-refractivity contribution in [2.24, 2.45) is 0 Å². The summed E-state index contributed by atoms with van der Waals surface area (Å²) in [5.41, 5.74) is 1.83. The maximum atomic E-state index is 13.5. The summed E-state index contributed by atoms with van der Waals surface area (Å²) < 4.78 is 43.7. The third kappa shape index (κ3) is 17.5. The number of carbonyl (C=O) groups is 1. The van der Waals surface area contributed by atoms with E-state index in [0.717, 1.165) is 6.26 Å². The van der Waals surface area contributed by atoms with Crippen LogP contribution in [0.2, 0.25) is 0 Å². The van der Waals surface area contributed by atoms with Crippen LogP contribution in [-0.2, 0) is 19.6 Å². The predicted octanol–water partition coefficient (Wildman–Crippen LogP) is 6.57. The molecular weight excluding hydrogens is 549 g/mol. The second-order valence-electron chi connectivity index (χ2n) is 7.83. The van der Waals surface area contributed by atoms with Gasteiger partial charge in [0.25, 0.3) is 0 Å². The number of esters is 1. The highest BCUT2D eigenvalue weighted by molar-refractivity contribution is 7.91. The molecule has 2 atom stereocenters. The number of ether oxygens (including phenoxy) is 1. The van der Waals surface area contributed by atoms with Crippen molar-refractivity contribution in [3.63, 3.8) is 0 Å². The molecule has 0 saturated carbocycles. The van der Waals surface area contributed by atoms with E-state index < -0.39 is 34.0 Å². The Morgan fingerprint density at radius 1 is 1.00 bits per heavy atom. The van der Waals surface area contributed by atoms with Crippen LogP contribution in [0.4, 0.5) is 10.3 Å². The van der Waals surface area contributed by atoms with Crippen LogP contribution in [0, 0.1) is 5.82 Å². The molecule has 1 heterocycles. The number of methoxy groups -OCH3 is 1. The van der Waals surface area contributed by atoms with Gasteiger partial charge < -0.3 is 14.9 Å². The molecular formula is C30H52FN3O6S. The molecule has 0 amide bonds. The van der Waals surface area contributed by atoms with Gasteiger partial charge in [0.1, 0.15) is 5.82 Å². The monoisotopic (exact) mass is 601 g/mol. The Kier molecular flexibility index (Phi) is 24.7. The molecule has 0 unspecified atom stereocenters. The van der Waals surface area contributed by atoms with Crippen molar-refractivity contribution in [2.75, 3.05) is 18.1 Å². The molecule has 0 spiro atoms. The lowest BCUT2D eigenvalue weighted by atomic mass is 9.97. The van der Waals surface area contributed by atoms with Crippen LogP contribution in [-0.4, -0.2) is 60.1 Å². The predicted molar refractivity (Wildman–Crippen MR) is 168 cm³/mol. The van der Waals surface area contributed by atoms with Gasteiger partial charge in [0.2, 0.25) is 16.0 Å². The van der Waals surface area contributed by atoms with Crippen molar-refractivity contribution in [3.05, 3.63) is 47.4 Å². The van der Waals surface area contributed by atoms with Gasteiger partial charge in [-0.3, -0.25) is 9.52 Å². The van der Waals surface area contributed by atoms with Crippen LogP contribution >= 0.6 is 0 Å². The number of nitrogens with one attached hydrogen (secondary N) is 1. The number of hydrogen-bond donors (Lipinski definition) is 3. The topological polar surface area (TPSA) is 139 Å². The fraction of sp³-hybridized carbons (Fsp3) is 0.567. The zero-order valence-electron chi connectivity index (χ0n) is 26.8. The standard InChI is InChI=1S/C22H28FN3O6S.4C2H6/c1-13(2)20-18(10-9-16(27)11-17(28)12-19(29)32-3)21(14-5-7-15(23)8-6-14)25-22(24-20)26-33(4,30)31;4*1-2/h5-10,13,16-17,27-28H,11-12H2,1-4H3,(H,24,25,26);4*1-2H3/b10-9+;;;;/t16-,17-;;;;/m1..../s1. The quantitative estimate of drug-likeness (QED) is 0.260. The molecule has 2 aromatic rings. The SMILES string of the molecule is CC.CC.CC.CC.COC(=O)C[C@H](O)C[C@H](O)/C=C/c1c(-c2ccc(F)cc2)nc(NS(C)(=O)=O)nc1C(C)C. The average molecular weight is 602 g/mol. The first-order chi connectivity index (χ1) is 19.4. The minimum atomic E-state index is -3.65. The number of sulfonamides is 1. The number of nitrogens with zero attached hydrogens (tertiary/aromatic N) is 2. The Bertz CT molecular complexity index is 1110. The molecule has 9 nitrogen and oxygen atoms in total. The summed E-state index contributed by atoms with van der Waals surface area (Å²) in [5, 5.41) is 20.3. The van der Waals surface area contributed by atoms with Gasteiger partial charge >= 0.3 is 5.97 Å². The van der Waals surface area contributed by atoms with Crippen LogP contribution in [0.1, 0.15) is 99.3 Å². The molecule has 0 fully saturated rings. The van der Waals surface area contributed by atoms with E-state index in [4.69, 9.17) is 0 Å². The van der Waals surface area contributed by atoms with Crippen LogP contribution in [0.5, 0.6) is 0 Å². The summed E-state index contributed by atoms with van der Waals surface area (Å²) in [7, 11) is -2.44. The maximum Gasteiger partial charge on any atom is 0.308 e. The van der Waals surface area contributed by atoms with E-state index in [0.29, 0.717) is 22.5 Å². The summed E-state index contributed by atoms with van der Waals surface area (Å²) in [5.74, 6) is -1.33. The van der Waals surface area contributed by atoms with E-state index in [9.17, 15) is 27.8 Å². The van der Waals surface area contributed by atoms with Crippen molar-refractivity contribution in [1.82, 2.24) is 9.97 Å². The summed E-state index contributed by atoms with van der Waals surface area (Å²) in [6, 6.07) is 5.50. The molecule has 1 aromatic carbocycles. The van der Waals surface area contributed by atoms with Crippen LogP contribution in [0.15, 0.2) is 30.3 Å². The number of benzene rings is 1. The van der Waals surface area contributed by atoms with Crippen LogP contribution in [0.3, 0.4) is 0 Å². The summed E-state index contributed by atoms with van der Waals surface area (Å²) in [4.78, 5) is 19.9.